The van der Waals surface area contributed by atoms with Gasteiger partial charge in [-0.2, -0.15) is 4.68 Å². The molecule has 0 aliphatic carbocycles. The molecule has 0 saturated heterocycles. The van der Waals surface area contributed by atoms with Gasteiger partial charge in [-0.1, -0.05) is 6.07 Å². The van der Waals surface area contributed by atoms with E-state index in [1.165, 1.54) is 13.2 Å². The number of esters is 1. The zero-order chi connectivity index (χ0) is 11.5. The smallest absolute Gasteiger partial charge is 0.365 e. The summed E-state index contributed by atoms with van der Waals surface area (Å²) in [4.78, 5) is 22.5. The van der Waals surface area contributed by atoms with Crippen molar-refractivity contribution in [3.8, 4) is 5.69 Å². The number of tetrazole rings is 1. The number of nitrogens with one attached hydrogen (secondary N) is 1. The number of aromatic nitrogens is 4. The van der Waals surface area contributed by atoms with Crippen molar-refractivity contribution in [2.75, 3.05) is 7.11 Å². The maximum atomic E-state index is 11.3. The number of hydrogen-bond donors (Lipinski definition) is 1. The Balaban J connectivity index is 2.48. The molecule has 82 valence electrons. The minimum Gasteiger partial charge on any atom is -0.465 e. The Hall–Kier alpha value is -2.44. The molecule has 1 aromatic carbocycles. The molecule has 1 N–H and O–H groups in total. The van der Waals surface area contributed by atoms with Crippen LogP contribution in [0.1, 0.15) is 10.4 Å². The highest BCUT2D eigenvalue weighted by Gasteiger charge is 2.08. The van der Waals surface area contributed by atoms with Gasteiger partial charge in [-0.05, 0) is 28.6 Å². The van der Waals surface area contributed by atoms with Crippen LogP contribution < -0.4 is 5.69 Å². The fourth-order valence-corrected chi connectivity index (χ4v) is 1.25. The van der Waals surface area contributed by atoms with E-state index in [4.69, 9.17) is 0 Å². The first-order valence-electron chi connectivity index (χ1n) is 4.41. The first-order valence-corrected chi connectivity index (χ1v) is 4.41. The van der Waals surface area contributed by atoms with Gasteiger partial charge < -0.3 is 4.74 Å². The van der Waals surface area contributed by atoms with Gasteiger partial charge in [0.1, 0.15) is 0 Å². The van der Waals surface area contributed by atoms with Crippen LogP contribution in [0.3, 0.4) is 0 Å². The fraction of sp³-hybridized carbons (Fsp3) is 0.111. The Morgan fingerprint density at radius 3 is 2.94 bits per heavy atom. The second kappa shape index (κ2) is 3.97. The summed E-state index contributed by atoms with van der Waals surface area (Å²) in [5.74, 6) is -0.474. The van der Waals surface area contributed by atoms with Crippen LogP contribution in [0.5, 0.6) is 0 Å². The van der Waals surface area contributed by atoms with Crippen LogP contribution in [0.25, 0.3) is 5.69 Å². The molecule has 7 nitrogen and oxygen atoms in total. The molecule has 0 aliphatic heterocycles. The highest BCUT2D eigenvalue weighted by molar-refractivity contribution is 5.89. The largest absolute Gasteiger partial charge is 0.465 e. The summed E-state index contributed by atoms with van der Waals surface area (Å²) < 4.78 is 5.62. The highest BCUT2D eigenvalue weighted by atomic mass is 16.5. The van der Waals surface area contributed by atoms with Crippen molar-refractivity contribution in [2.24, 2.45) is 0 Å². The van der Waals surface area contributed by atoms with Crippen molar-refractivity contribution in [3.63, 3.8) is 0 Å². The van der Waals surface area contributed by atoms with Gasteiger partial charge in [0.2, 0.25) is 0 Å². The topological polar surface area (TPSA) is 89.9 Å². The standard InChI is InChI=1S/C9H8N4O3/c1-16-8(14)6-3-2-4-7(5-6)13-9(15)10-11-12-13/h2-5H,1H3,(H,10,12,15). The minimum atomic E-state index is -0.474. The molecular weight excluding hydrogens is 212 g/mol. The lowest BCUT2D eigenvalue weighted by molar-refractivity contribution is 0.0600. The molecule has 7 heteroatoms. The van der Waals surface area contributed by atoms with Gasteiger partial charge in [-0.15, -0.1) is 0 Å². The van der Waals surface area contributed by atoms with Gasteiger partial charge in [-0.25, -0.2) is 14.7 Å². The molecule has 1 aromatic heterocycles. The Morgan fingerprint density at radius 1 is 1.50 bits per heavy atom. The summed E-state index contributed by atoms with van der Waals surface area (Å²) in [5, 5.41) is 9.07. The van der Waals surface area contributed by atoms with Crippen LogP contribution in [-0.4, -0.2) is 33.3 Å². The van der Waals surface area contributed by atoms with E-state index in [0.717, 1.165) is 4.68 Å². The van der Waals surface area contributed by atoms with E-state index < -0.39 is 11.7 Å². The molecule has 0 radical (unpaired) electrons. The lowest BCUT2D eigenvalue weighted by atomic mass is 10.2. The molecule has 0 unspecified atom stereocenters. The van der Waals surface area contributed by atoms with Crippen LogP contribution in [0.4, 0.5) is 0 Å². The van der Waals surface area contributed by atoms with E-state index in [0.29, 0.717) is 11.3 Å². The molecule has 0 spiro atoms. The van der Waals surface area contributed by atoms with E-state index in [1.807, 2.05) is 0 Å². The second-order valence-electron chi connectivity index (χ2n) is 2.96. The second-order valence-corrected chi connectivity index (χ2v) is 2.96. The zero-order valence-electron chi connectivity index (χ0n) is 8.38. The van der Waals surface area contributed by atoms with Gasteiger partial charge >= 0.3 is 11.7 Å². The monoisotopic (exact) mass is 220 g/mol. The van der Waals surface area contributed by atoms with E-state index in [1.54, 1.807) is 18.2 Å². The van der Waals surface area contributed by atoms with Crippen molar-refractivity contribution in [1.82, 2.24) is 20.2 Å². The molecule has 1 heterocycles. The number of hydrogen-bond acceptors (Lipinski definition) is 5. The number of aromatic amines is 1. The number of carbonyl (C=O) groups excluding carboxylic acids is 1. The molecule has 0 aliphatic rings. The SMILES string of the molecule is COC(=O)c1cccc(-n2nn[nH]c2=O)c1. The minimum absolute atomic E-state index is 0.343. The Morgan fingerprint density at radius 2 is 2.31 bits per heavy atom. The van der Waals surface area contributed by atoms with Gasteiger partial charge in [0.25, 0.3) is 0 Å². The van der Waals surface area contributed by atoms with E-state index in [9.17, 15) is 9.59 Å². The fourth-order valence-electron chi connectivity index (χ4n) is 1.25. The van der Waals surface area contributed by atoms with Gasteiger partial charge in [0.15, 0.2) is 0 Å². The molecule has 2 aromatic rings. The van der Waals surface area contributed by atoms with Crippen molar-refractivity contribution in [2.45, 2.75) is 0 Å². The van der Waals surface area contributed by atoms with Crippen LogP contribution in [-0.2, 0) is 4.74 Å². The summed E-state index contributed by atoms with van der Waals surface area (Å²) in [5.41, 5.74) is 0.318. The predicted octanol–water partition coefficient (Wildman–Crippen LogP) is -0.258. The average molecular weight is 220 g/mol. The third kappa shape index (κ3) is 1.70. The predicted molar refractivity (Wildman–Crippen MR) is 53.3 cm³/mol. The summed E-state index contributed by atoms with van der Waals surface area (Å²) in [6.07, 6.45) is 0. The lowest BCUT2D eigenvalue weighted by Gasteiger charge is -2.01. The molecular formula is C9H8N4O3. The van der Waals surface area contributed by atoms with Crippen molar-refractivity contribution in [1.29, 1.82) is 0 Å². The summed E-state index contributed by atoms with van der Waals surface area (Å²) in [6.45, 7) is 0. The molecule has 2 rings (SSSR count). The van der Waals surface area contributed by atoms with Crippen LogP contribution in [0.2, 0.25) is 0 Å². The summed E-state index contributed by atoms with van der Waals surface area (Å²) in [7, 11) is 1.29. The van der Waals surface area contributed by atoms with E-state index in [2.05, 4.69) is 20.3 Å². The molecule has 0 bridgehead atoms. The number of benzene rings is 1. The molecule has 0 amide bonds. The molecule has 0 saturated carbocycles. The summed E-state index contributed by atoms with van der Waals surface area (Å²) in [6, 6.07) is 6.34. The van der Waals surface area contributed by atoms with E-state index in [-0.39, 0.29) is 0 Å². The number of H-pyrrole nitrogens is 1. The van der Waals surface area contributed by atoms with Crippen molar-refractivity contribution in [3.05, 3.63) is 40.3 Å². The summed E-state index contributed by atoms with van der Waals surface area (Å²) >= 11 is 0. The number of rotatable bonds is 2. The Labute approximate surface area is 89.6 Å². The first-order chi connectivity index (χ1) is 7.72. The van der Waals surface area contributed by atoms with Gasteiger partial charge in [0.05, 0.1) is 18.4 Å². The first kappa shape index (κ1) is 10.1. The highest BCUT2D eigenvalue weighted by Crippen LogP contribution is 2.08. The number of nitrogens with zero attached hydrogens (tertiary/aromatic N) is 3. The normalized spacial score (nSPS) is 10.1. The lowest BCUT2D eigenvalue weighted by Crippen LogP contribution is -2.16. The number of carbonyl (C=O) groups is 1. The molecule has 0 atom stereocenters. The van der Waals surface area contributed by atoms with Crippen LogP contribution in [0.15, 0.2) is 29.1 Å². The molecule has 16 heavy (non-hydrogen) atoms. The molecule has 0 fully saturated rings. The zero-order valence-corrected chi connectivity index (χ0v) is 8.38. The third-order valence-electron chi connectivity index (χ3n) is 1.98. The van der Waals surface area contributed by atoms with E-state index >= 15 is 0 Å². The van der Waals surface area contributed by atoms with Crippen LogP contribution in [0, 0.1) is 0 Å². The van der Waals surface area contributed by atoms with Gasteiger partial charge in [0, 0.05) is 0 Å². The maximum Gasteiger partial charge on any atom is 0.365 e. The number of ether oxygens (including phenoxy) is 1. The Kier molecular flexibility index (Phi) is 2.50. The Bertz CT molecular complexity index is 572. The quantitative estimate of drug-likeness (QED) is 0.704. The van der Waals surface area contributed by atoms with Crippen molar-refractivity contribution < 1.29 is 9.53 Å². The third-order valence-corrected chi connectivity index (χ3v) is 1.98. The maximum absolute atomic E-state index is 11.3. The van der Waals surface area contributed by atoms with Gasteiger partial charge in [-0.3, -0.25) is 0 Å². The average Bonchev–Trinajstić information content (AvgIpc) is 2.74. The number of methoxy groups -OCH3 is 1. The van der Waals surface area contributed by atoms with Crippen LogP contribution >= 0.6 is 0 Å². The van der Waals surface area contributed by atoms with Crippen molar-refractivity contribution >= 4 is 5.97 Å².